The number of anilines is 2. The number of benzene rings is 2. The molecule has 1 N–H and O–H groups in total. The van der Waals surface area contributed by atoms with E-state index in [4.69, 9.17) is 4.74 Å². The Kier molecular flexibility index (Phi) is 5.57. The van der Waals surface area contributed by atoms with Crippen molar-refractivity contribution in [3.63, 3.8) is 0 Å². The van der Waals surface area contributed by atoms with Gasteiger partial charge in [-0.25, -0.2) is 4.39 Å². The van der Waals surface area contributed by atoms with E-state index in [-0.39, 0.29) is 18.3 Å². The molecule has 4 rings (SSSR count). The van der Waals surface area contributed by atoms with Crippen LogP contribution in [0.15, 0.2) is 54.7 Å². The van der Waals surface area contributed by atoms with E-state index in [1.807, 2.05) is 36.5 Å². The summed E-state index contributed by atoms with van der Waals surface area (Å²) < 4.78 is 20.8. The number of carbonyl (C=O) groups is 1. The van der Waals surface area contributed by atoms with Gasteiger partial charge in [0.2, 0.25) is 5.91 Å². The first-order chi connectivity index (χ1) is 14.1. The van der Waals surface area contributed by atoms with Crippen LogP contribution < -0.4 is 10.2 Å². The molecule has 1 aliphatic heterocycles. The lowest BCUT2D eigenvalue weighted by molar-refractivity contribution is -0.116. The van der Waals surface area contributed by atoms with Crippen LogP contribution in [0.4, 0.5) is 15.9 Å². The standard InChI is InChI=1S/C22H23FN4O2/c1-16-7-8-18(13-20(16)23)24-21(28)15-27-14-19(17-5-3-2-4-6-17)22(25-27)26-9-11-29-12-10-26/h2-8,13-14H,9-12,15H2,1H3,(H,24,28). The molecule has 29 heavy (non-hydrogen) atoms. The highest BCUT2D eigenvalue weighted by Gasteiger charge is 2.20. The smallest absolute Gasteiger partial charge is 0.246 e. The lowest BCUT2D eigenvalue weighted by Crippen LogP contribution is -2.36. The number of amides is 1. The van der Waals surface area contributed by atoms with Crippen molar-refractivity contribution in [2.24, 2.45) is 0 Å². The molecule has 1 saturated heterocycles. The Morgan fingerprint density at radius 3 is 2.66 bits per heavy atom. The van der Waals surface area contributed by atoms with Crippen LogP contribution in [0.25, 0.3) is 11.1 Å². The fourth-order valence-corrected chi connectivity index (χ4v) is 3.34. The normalized spacial score (nSPS) is 14.1. The Balaban J connectivity index is 1.56. The molecule has 2 aromatic carbocycles. The average Bonchev–Trinajstić information content (AvgIpc) is 3.16. The fraction of sp³-hybridized carbons (Fsp3) is 0.273. The van der Waals surface area contributed by atoms with Gasteiger partial charge in [-0.15, -0.1) is 0 Å². The summed E-state index contributed by atoms with van der Waals surface area (Å²) in [7, 11) is 0. The van der Waals surface area contributed by atoms with Crippen LogP contribution in [0.2, 0.25) is 0 Å². The van der Waals surface area contributed by atoms with Crippen LogP contribution in [0.5, 0.6) is 0 Å². The molecule has 0 unspecified atom stereocenters. The summed E-state index contributed by atoms with van der Waals surface area (Å²) in [6, 6.07) is 14.6. The van der Waals surface area contributed by atoms with Crippen molar-refractivity contribution in [2.75, 3.05) is 36.5 Å². The van der Waals surface area contributed by atoms with Gasteiger partial charge in [-0.05, 0) is 30.2 Å². The SMILES string of the molecule is Cc1ccc(NC(=O)Cn2cc(-c3ccccc3)c(N3CCOCC3)n2)cc1F. The lowest BCUT2D eigenvalue weighted by atomic mass is 10.1. The fourth-order valence-electron chi connectivity index (χ4n) is 3.34. The van der Waals surface area contributed by atoms with Crippen molar-refractivity contribution in [1.82, 2.24) is 9.78 Å². The van der Waals surface area contributed by atoms with Crippen molar-refractivity contribution in [3.8, 4) is 11.1 Å². The van der Waals surface area contributed by atoms with E-state index in [1.54, 1.807) is 23.7 Å². The molecule has 1 aromatic heterocycles. The number of hydrogen-bond acceptors (Lipinski definition) is 4. The van der Waals surface area contributed by atoms with Gasteiger partial charge in [0.15, 0.2) is 5.82 Å². The minimum Gasteiger partial charge on any atom is -0.378 e. The zero-order valence-electron chi connectivity index (χ0n) is 16.3. The summed E-state index contributed by atoms with van der Waals surface area (Å²) >= 11 is 0. The molecule has 2 heterocycles. The van der Waals surface area contributed by atoms with Crippen LogP contribution in [0.1, 0.15) is 5.56 Å². The van der Waals surface area contributed by atoms with E-state index >= 15 is 0 Å². The second kappa shape index (κ2) is 8.45. The van der Waals surface area contributed by atoms with Crippen LogP contribution >= 0.6 is 0 Å². The molecule has 3 aromatic rings. The highest BCUT2D eigenvalue weighted by atomic mass is 19.1. The molecule has 150 valence electrons. The second-order valence-corrected chi connectivity index (χ2v) is 7.04. The molecule has 0 spiro atoms. The maximum absolute atomic E-state index is 13.7. The number of rotatable bonds is 5. The zero-order chi connectivity index (χ0) is 20.2. The number of ether oxygens (including phenoxy) is 1. The van der Waals surface area contributed by atoms with E-state index < -0.39 is 0 Å². The first kappa shape index (κ1) is 19.1. The van der Waals surface area contributed by atoms with E-state index in [0.29, 0.717) is 24.5 Å². The Morgan fingerprint density at radius 2 is 1.93 bits per heavy atom. The third kappa shape index (κ3) is 4.46. The molecular formula is C22H23FN4O2. The predicted octanol–water partition coefficient (Wildman–Crippen LogP) is 3.47. The molecule has 0 radical (unpaired) electrons. The van der Waals surface area contributed by atoms with Crippen molar-refractivity contribution in [2.45, 2.75) is 13.5 Å². The Hall–Kier alpha value is -3.19. The average molecular weight is 394 g/mol. The maximum atomic E-state index is 13.7. The van der Waals surface area contributed by atoms with Gasteiger partial charge in [0.1, 0.15) is 12.4 Å². The van der Waals surface area contributed by atoms with Gasteiger partial charge in [0.05, 0.1) is 13.2 Å². The molecule has 7 heteroatoms. The molecule has 0 aliphatic carbocycles. The van der Waals surface area contributed by atoms with Crippen LogP contribution in [-0.2, 0) is 16.1 Å². The third-order valence-electron chi connectivity index (χ3n) is 4.90. The minimum atomic E-state index is -0.345. The molecular weight excluding hydrogens is 371 g/mol. The van der Waals surface area contributed by atoms with Gasteiger partial charge in [-0.2, -0.15) is 5.10 Å². The lowest BCUT2D eigenvalue weighted by Gasteiger charge is -2.27. The van der Waals surface area contributed by atoms with Crippen molar-refractivity contribution in [3.05, 3.63) is 66.1 Å². The summed E-state index contributed by atoms with van der Waals surface area (Å²) in [4.78, 5) is 14.7. The Bertz CT molecular complexity index is 997. The topological polar surface area (TPSA) is 59.4 Å². The largest absolute Gasteiger partial charge is 0.378 e. The Labute approximate surface area is 168 Å². The summed E-state index contributed by atoms with van der Waals surface area (Å²) in [6.07, 6.45) is 1.88. The van der Waals surface area contributed by atoms with Crippen molar-refractivity contribution < 1.29 is 13.9 Å². The summed E-state index contributed by atoms with van der Waals surface area (Å²) in [5.41, 5.74) is 2.99. The monoisotopic (exact) mass is 394 g/mol. The number of hydrogen-bond donors (Lipinski definition) is 1. The van der Waals surface area contributed by atoms with Gasteiger partial charge in [0.25, 0.3) is 0 Å². The molecule has 0 bridgehead atoms. The number of halogens is 1. The number of nitrogens with one attached hydrogen (secondary N) is 1. The van der Waals surface area contributed by atoms with E-state index in [9.17, 15) is 9.18 Å². The van der Waals surface area contributed by atoms with Gasteiger partial charge in [-0.3, -0.25) is 9.48 Å². The Morgan fingerprint density at radius 1 is 1.17 bits per heavy atom. The highest BCUT2D eigenvalue weighted by Crippen LogP contribution is 2.30. The minimum absolute atomic E-state index is 0.0413. The van der Waals surface area contributed by atoms with Crippen LogP contribution in [0, 0.1) is 12.7 Å². The predicted molar refractivity (Wildman–Crippen MR) is 110 cm³/mol. The second-order valence-electron chi connectivity index (χ2n) is 7.04. The van der Waals surface area contributed by atoms with Crippen LogP contribution in [-0.4, -0.2) is 42.0 Å². The number of morpholine rings is 1. The number of aryl methyl sites for hydroxylation is 1. The summed E-state index contributed by atoms with van der Waals surface area (Å²) in [5, 5.41) is 7.41. The molecule has 0 saturated carbocycles. The van der Waals surface area contributed by atoms with Crippen molar-refractivity contribution in [1.29, 1.82) is 0 Å². The van der Waals surface area contributed by atoms with Gasteiger partial charge in [-0.1, -0.05) is 36.4 Å². The maximum Gasteiger partial charge on any atom is 0.246 e. The number of carbonyl (C=O) groups excluding carboxylic acids is 1. The van der Waals surface area contributed by atoms with E-state index in [2.05, 4.69) is 15.3 Å². The number of aromatic nitrogens is 2. The molecule has 1 amide bonds. The zero-order valence-corrected chi connectivity index (χ0v) is 16.3. The van der Waals surface area contributed by atoms with Gasteiger partial charge in [0, 0.05) is 30.5 Å². The van der Waals surface area contributed by atoms with Gasteiger partial charge >= 0.3 is 0 Å². The summed E-state index contributed by atoms with van der Waals surface area (Å²) in [6.45, 7) is 4.54. The highest BCUT2D eigenvalue weighted by molar-refractivity contribution is 5.90. The van der Waals surface area contributed by atoms with E-state index in [0.717, 1.165) is 30.0 Å². The third-order valence-corrected chi connectivity index (χ3v) is 4.90. The summed E-state index contributed by atoms with van der Waals surface area (Å²) in [5.74, 6) is 0.237. The van der Waals surface area contributed by atoms with Crippen LogP contribution in [0.3, 0.4) is 0 Å². The quantitative estimate of drug-likeness (QED) is 0.720. The molecule has 1 fully saturated rings. The first-order valence-electron chi connectivity index (χ1n) is 9.62. The van der Waals surface area contributed by atoms with Gasteiger partial charge < -0.3 is 15.0 Å². The number of nitrogens with zero attached hydrogens (tertiary/aromatic N) is 3. The molecule has 0 atom stereocenters. The van der Waals surface area contributed by atoms with E-state index in [1.165, 1.54) is 6.07 Å². The molecule has 6 nitrogen and oxygen atoms in total. The molecule has 1 aliphatic rings. The van der Waals surface area contributed by atoms with Crippen molar-refractivity contribution >= 4 is 17.4 Å². The first-order valence-corrected chi connectivity index (χ1v) is 9.62.